The van der Waals surface area contributed by atoms with Crippen LogP contribution in [0.4, 0.5) is 0 Å². The van der Waals surface area contributed by atoms with E-state index in [-0.39, 0.29) is 17.2 Å². The maximum absolute atomic E-state index is 12.3. The second-order valence-electron chi connectivity index (χ2n) is 5.28. The number of nitrogens with zero attached hydrogens (tertiary/aromatic N) is 5. The van der Waals surface area contributed by atoms with E-state index in [1.807, 2.05) is 44.2 Å². The van der Waals surface area contributed by atoms with Crippen molar-refractivity contribution in [1.29, 1.82) is 0 Å². The van der Waals surface area contributed by atoms with E-state index in [0.29, 0.717) is 5.82 Å². The largest absolute Gasteiger partial charge is 0.332 e. The molecule has 3 rings (SSSR count). The monoisotopic (exact) mass is 297 g/mol. The number of fused-ring (bicyclic) bond motifs is 1. The lowest BCUT2D eigenvalue weighted by Gasteiger charge is -2.13. The summed E-state index contributed by atoms with van der Waals surface area (Å²) in [5.74, 6) is 0.360. The van der Waals surface area contributed by atoms with Crippen molar-refractivity contribution in [3.8, 4) is 11.4 Å². The van der Waals surface area contributed by atoms with Crippen LogP contribution in [0.15, 0.2) is 39.9 Å². The fourth-order valence-electron chi connectivity index (χ4n) is 2.30. The molecule has 0 atom stereocenters. The van der Waals surface area contributed by atoms with Crippen LogP contribution in [0, 0.1) is 0 Å². The summed E-state index contributed by atoms with van der Waals surface area (Å²) in [6.07, 6.45) is 0. The quantitative estimate of drug-likeness (QED) is 0.708. The molecule has 0 saturated carbocycles. The van der Waals surface area contributed by atoms with Crippen molar-refractivity contribution in [3.05, 3.63) is 51.2 Å². The minimum Gasteiger partial charge on any atom is -0.272 e. The van der Waals surface area contributed by atoms with Gasteiger partial charge in [-0.15, -0.1) is 10.2 Å². The van der Waals surface area contributed by atoms with Gasteiger partial charge in [-0.25, -0.2) is 9.78 Å². The first-order valence-electron chi connectivity index (χ1n) is 6.92. The van der Waals surface area contributed by atoms with E-state index in [1.54, 1.807) is 0 Å². The third-order valence-electron chi connectivity index (χ3n) is 3.45. The lowest BCUT2D eigenvalue weighted by molar-refractivity contribution is 0.547. The molecule has 0 bridgehead atoms. The first-order chi connectivity index (χ1) is 10.5. The van der Waals surface area contributed by atoms with Crippen molar-refractivity contribution in [2.45, 2.75) is 19.9 Å². The molecule has 2 heterocycles. The lowest BCUT2D eigenvalue weighted by atomic mass is 10.2. The van der Waals surface area contributed by atoms with Crippen LogP contribution in [0.1, 0.15) is 19.9 Å². The summed E-state index contributed by atoms with van der Waals surface area (Å²) >= 11 is 0. The molecule has 0 unspecified atom stereocenters. The molecule has 7 heteroatoms. The van der Waals surface area contributed by atoms with Gasteiger partial charge in [0.1, 0.15) is 0 Å². The molecule has 1 aromatic carbocycles. The predicted molar refractivity (Wildman–Crippen MR) is 82.7 cm³/mol. The van der Waals surface area contributed by atoms with Gasteiger partial charge in [0.15, 0.2) is 17.0 Å². The van der Waals surface area contributed by atoms with E-state index < -0.39 is 11.2 Å². The minimum absolute atomic E-state index is 0.143. The van der Waals surface area contributed by atoms with Crippen molar-refractivity contribution < 1.29 is 0 Å². The smallest absolute Gasteiger partial charge is 0.272 e. The normalized spacial score (nSPS) is 11.3. The van der Waals surface area contributed by atoms with Crippen molar-refractivity contribution in [1.82, 2.24) is 24.3 Å². The second kappa shape index (κ2) is 5.18. The molecular formula is C15H15N5O2. The van der Waals surface area contributed by atoms with Gasteiger partial charge in [-0.3, -0.25) is 13.9 Å². The Hall–Kier alpha value is -2.83. The standard InChI is InChI=1S/C15H15N5O2/c1-9(2)20-13-11(14(21)19(3)15(20)22)16-12(17-18-13)10-7-5-4-6-8-10/h4-9H,1-3H3. The van der Waals surface area contributed by atoms with Gasteiger partial charge in [0.05, 0.1) is 0 Å². The molecule has 0 saturated heterocycles. The Morgan fingerprint density at radius 3 is 2.36 bits per heavy atom. The molecule has 112 valence electrons. The topological polar surface area (TPSA) is 82.7 Å². The van der Waals surface area contributed by atoms with Gasteiger partial charge in [0, 0.05) is 18.7 Å². The summed E-state index contributed by atoms with van der Waals surface area (Å²) in [7, 11) is 1.44. The van der Waals surface area contributed by atoms with Crippen LogP contribution in [0.5, 0.6) is 0 Å². The first-order valence-corrected chi connectivity index (χ1v) is 6.92. The summed E-state index contributed by atoms with van der Waals surface area (Å²) < 4.78 is 2.47. The molecule has 0 fully saturated rings. The third kappa shape index (κ3) is 2.11. The Morgan fingerprint density at radius 2 is 1.73 bits per heavy atom. The highest BCUT2D eigenvalue weighted by atomic mass is 16.2. The SMILES string of the molecule is CC(C)n1c(=O)n(C)c(=O)c2nc(-c3ccccc3)nnc21. The maximum Gasteiger partial charge on any atom is 0.332 e. The summed E-state index contributed by atoms with van der Waals surface area (Å²) in [6, 6.07) is 9.12. The van der Waals surface area contributed by atoms with E-state index in [9.17, 15) is 9.59 Å². The van der Waals surface area contributed by atoms with Gasteiger partial charge in [0.2, 0.25) is 0 Å². The van der Waals surface area contributed by atoms with Crippen molar-refractivity contribution >= 4 is 11.2 Å². The molecular weight excluding hydrogens is 282 g/mol. The zero-order chi connectivity index (χ0) is 15.9. The average molecular weight is 297 g/mol. The highest BCUT2D eigenvalue weighted by Crippen LogP contribution is 2.15. The molecule has 0 amide bonds. The zero-order valence-electron chi connectivity index (χ0n) is 12.5. The van der Waals surface area contributed by atoms with Gasteiger partial charge in [-0.1, -0.05) is 30.3 Å². The average Bonchev–Trinajstić information content (AvgIpc) is 2.53. The van der Waals surface area contributed by atoms with Crippen LogP contribution >= 0.6 is 0 Å². The second-order valence-corrected chi connectivity index (χ2v) is 5.28. The Bertz CT molecular complexity index is 957. The van der Waals surface area contributed by atoms with E-state index in [0.717, 1.165) is 10.1 Å². The Morgan fingerprint density at radius 1 is 1.05 bits per heavy atom. The predicted octanol–water partition coefficient (Wildman–Crippen LogP) is 1.13. The number of benzene rings is 1. The van der Waals surface area contributed by atoms with Crippen molar-refractivity contribution in [2.75, 3.05) is 0 Å². The summed E-state index contributed by atoms with van der Waals surface area (Å²) in [6.45, 7) is 3.69. The van der Waals surface area contributed by atoms with Crippen LogP contribution in [-0.4, -0.2) is 24.3 Å². The zero-order valence-corrected chi connectivity index (χ0v) is 12.5. The highest BCUT2D eigenvalue weighted by molar-refractivity contribution is 5.71. The first kappa shape index (κ1) is 14.1. The molecule has 7 nitrogen and oxygen atoms in total. The van der Waals surface area contributed by atoms with E-state index in [4.69, 9.17) is 0 Å². The molecule has 0 N–H and O–H groups in total. The number of hydrogen-bond acceptors (Lipinski definition) is 5. The van der Waals surface area contributed by atoms with Gasteiger partial charge < -0.3 is 0 Å². The molecule has 0 aliphatic carbocycles. The van der Waals surface area contributed by atoms with Gasteiger partial charge in [-0.2, -0.15) is 0 Å². The van der Waals surface area contributed by atoms with Crippen molar-refractivity contribution in [2.24, 2.45) is 7.05 Å². The molecule has 0 aliphatic rings. The van der Waals surface area contributed by atoms with Gasteiger partial charge >= 0.3 is 5.69 Å². The fraction of sp³-hybridized carbons (Fsp3) is 0.267. The summed E-state index contributed by atoms with van der Waals surface area (Å²) in [5, 5.41) is 8.14. The Balaban J connectivity index is 2.39. The molecule has 0 spiro atoms. The molecule has 0 radical (unpaired) electrons. The summed E-state index contributed by atoms with van der Waals surface area (Å²) in [4.78, 5) is 28.9. The fourth-order valence-corrected chi connectivity index (χ4v) is 2.30. The van der Waals surface area contributed by atoms with Crippen LogP contribution in [-0.2, 0) is 7.05 Å². The Labute approximate surface area is 125 Å². The molecule has 0 aliphatic heterocycles. The maximum atomic E-state index is 12.3. The van der Waals surface area contributed by atoms with E-state index >= 15 is 0 Å². The molecule has 2 aromatic heterocycles. The highest BCUT2D eigenvalue weighted by Gasteiger charge is 2.17. The van der Waals surface area contributed by atoms with Crippen LogP contribution < -0.4 is 11.2 Å². The molecule has 3 aromatic rings. The van der Waals surface area contributed by atoms with Gasteiger partial charge in [0.25, 0.3) is 5.56 Å². The van der Waals surface area contributed by atoms with Crippen LogP contribution in [0.2, 0.25) is 0 Å². The van der Waals surface area contributed by atoms with Gasteiger partial charge in [-0.05, 0) is 13.8 Å². The molecule has 22 heavy (non-hydrogen) atoms. The number of aromatic nitrogens is 5. The number of rotatable bonds is 2. The number of hydrogen-bond donors (Lipinski definition) is 0. The van der Waals surface area contributed by atoms with Crippen LogP contribution in [0.3, 0.4) is 0 Å². The van der Waals surface area contributed by atoms with Crippen molar-refractivity contribution in [3.63, 3.8) is 0 Å². The Kier molecular flexibility index (Phi) is 3.32. The van der Waals surface area contributed by atoms with E-state index in [2.05, 4.69) is 15.2 Å². The van der Waals surface area contributed by atoms with Crippen LogP contribution in [0.25, 0.3) is 22.6 Å². The minimum atomic E-state index is -0.469. The summed E-state index contributed by atoms with van der Waals surface area (Å²) in [5.41, 5.74) is 0.230. The van der Waals surface area contributed by atoms with E-state index in [1.165, 1.54) is 11.6 Å². The lowest BCUT2D eigenvalue weighted by Crippen LogP contribution is -2.39. The third-order valence-corrected chi connectivity index (χ3v) is 3.45.